The number of aromatic nitrogens is 1. The first-order chi connectivity index (χ1) is 14.1. The molecule has 1 fully saturated rings. The zero-order chi connectivity index (χ0) is 20.6. The Morgan fingerprint density at radius 2 is 2.03 bits per heavy atom. The number of benzene rings is 1. The maximum absolute atomic E-state index is 6.31. The van der Waals surface area contributed by atoms with Crippen LogP contribution in [-0.2, 0) is 13.1 Å². The van der Waals surface area contributed by atoms with E-state index in [0.717, 1.165) is 47.9 Å². The van der Waals surface area contributed by atoms with Gasteiger partial charge in [0, 0.05) is 12.1 Å². The molecule has 1 aromatic heterocycles. The van der Waals surface area contributed by atoms with Crippen molar-refractivity contribution in [1.29, 1.82) is 0 Å². The molecule has 0 bridgehead atoms. The molecule has 3 rings (SSSR count). The molecule has 1 heterocycles. The summed E-state index contributed by atoms with van der Waals surface area (Å²) in [6, 6.07) is 5.96. The molecule has 158 valence electrons. The van der Waals surface area contributed by atoms with Crippen molar-refractivity contribution >= 4 is 5.96 Å². The van der Waals surface area contributed by atoms with Gasteiger partial charge < -0.3 is 24.5 Å². The second kappa shape index (κ2) is 10.2. The van der Waals surface area contributed by atoms with Crippen LogP contribution in [0.25, 0.3) is 0 Å². The van der Waals surface area contributed by atoms with Crippen molar-refractivity contribution in [1.82, 2.24) is 15.6 Å². The van der Waals surface area contributed by atoms with Gasteiger partial charge in [-0.3, -0.25) is 0 Å². The molecule has 0 spiro atoms. The Bertz CT molecular complexity index is 806. The Morgan fingerprint density at radius 1 is 1.24 bits per heavy atom. The Kier molecular flexibility index (Phi) is 7.38. The highest BCUT2D eigenvalue weighted by molar-refractivity contribution is 5.79. The molecule has 1 aliphatic rings. The Balaban J connectivity index is 1.72. The van der Waals surface area contributed by atoms with E-state index in [2.05, 4.69) is 15.6 Å². The zero-order valence-electron chi connectivity index (χ0n) is 17.9. The monoisotopic (exact) mass is 400 g/mol. The van der Waals surface area contributed by atoms with Crippen LogP contribution in [0.4, 0.5) is 0 Å². The highest BCUT2D eigenvalue weighted by atomic mass is 16.5. The van der Waals surface area contributed by atoms with E-state index in [9.17, 15) is 0 Å². The van der Waals surface area contributed by atoms with Crippen molar-refractivity contribution in [2.24, 2.45) is 4.99 Å². The van der Waals surface area contributed by atoms with Crippen LogP contribution in [-0.4, -0.2) is 30.7 Å². The van der Waals surface area contributed by atoms with Gasteiger partial charge in [-0.15, -0.1) is 0 Å². The van der Waals surface area contributed by atoms with E-state index >= 15 is 0 Å². The smallest absolute Gasteiger partial charge is 0.214 e. The fraction of sp³-hybridized carbons (Fsp3) is 0.545. The minimum atomic E-state index is 0.261. The highest BCUT2D eigenvalue weighted by Crippen LogP contribution is 2.35. The van der Waals surface area contributed by atoms with E-state index in [4.69, 9.17) is 18.9 Å². The molecular formula is C22H32N4O3. The normalized spacial score (nSPS) is 14.8. The lowest BCUT2D eigenvalue weighted by molar-refractivity contribution is 0.198. The molecule has 29 heavy (non-hydrogen) atoms. The average Bonchev–Trinajstić information content (AvgIpc) is 3.34. The third-order valence-corrected chi connectivity index (χ3v) is 5.10. The molecule has 0 radical (unpaired) electrons. The fourth-order valence-corrected chi connectivity index (χ4v) is 3.43. The second-order valence-corrected chi connectivity index (χ2v) is 7.27. The lowest BCUT2D eigenvalue weighted by Gasteiger charge is -2.19. The van der Waals surface area contributed by atoms with E-state index in [1.165, 1.54) is 12.8 Å². The number of hydrogen-bond acceptors (Lipinski definition) is 5. The molecule has 2 aromatic rings. The maximum atomic E-state index is 6.31. The summed E-state index contributed by atoms with van der Waals surface area (Å²) in [5.74, 6) is 3.76. The number of nitrogens with one attached hydrogen (secondary N) is 2. The average molecular weight is 401 g/mol. The van der Waals surface area contributed by atoms with Gasteiger partial charge in [0.1, 0.15) is 5.76 Å². The van der Waals surface area contributed by atoms with Gasteiger partial charge in [0.05, 0.1) is 32.0 Å². The molecule has 0 saturated heterocycles. The van der Waals surface area contributed by atoms with E-state index in [-0.39, 0.29) is 6.10 Å². The molecule has 1 aliphatic carbocycles. The number of hydrogen-bond donors (Lipinski definition) is 2. The standard InChI is InChI=1S/C22H32N4O3/c1-5-23-22(25-14-20-26-15(2)16(3)28-20)24-13-17-9-8-12-19(27-4)21(17)29-18-10-6-7-11-18/h8-9,12,18H,5-7,10-11,13-14H2,1-4H3,(H2,23,24,25). The molecule has 0 aliphatic heterocycles. The third-order valence-electron chi connectivity index (χ3n) is 5.10. The van der Waals surface area contributed by atoms with Crippen molar-refractivity contribution in [3.05, 3.63) is 41.1 Å². The van der Waals surface area contributed by atoms with Crippen LogP contribution in [0.1, 0.15) is 55.5 Å². The van der Waals surface area contributed by atoms with Crippen molar-refractivity contribution in [3.8, 4) is 11.5 Å². The predicted molar refractivity (Wildman–Crippen MR) is 114 cm³/mol. The van der Waals surface area contributed by atoms with Gasteiger partial charge >= 0.3 is 0 Å². The van der Waals surface area contributed by atoms with Crippen LogP contribution in [0, 0.1) is 13.8 Å². The van der Waals surface area contributed by atoms with Crippen molar-refractivity contribution in [3.63, 3.8) is 0 Å². The summed E-state index contributed by atoms with van der Waals surface area (Å²) >= 11 is 0. The van der Waals surface area contributed by atoms with E-state index in [0.29, 0.717) is 24.9 Å². The number of methoxy groups -OCH3 is 1. The summed E-state index contributed by atoms with van der Waals surface area (Å²) in [5, 5.41) is 6.54. The quantitative estimate of drug-likeness (QED) is 0.517. The first kappa shape index (κ1) is 21.0. The summed E-state index contributed by atoms with van der Waals surface area (Å²) in [5.41, 5.74) is 1.92. The van der Waals surface area contributed by atoms with Gasteiger partial charge in [0.15, 0.2) is 17.5 Å². The first-order valence-electron chi connectivity index (χ1n) is 10.4. The second-order valence-electron chi connectivity index (χ2n) is 7.27. The van der Waals surface area contributed by atoms with E-state index in [1.807, 2.05) is 39.0 Å². The van der Waals surface area contributed by atoms with Gasteiger partial charge in [-0.05, 0) is 52.5 Å². The molecule has 2 N–H and O–H groups in total. The minimum absolute atomic E-state index is 0.261. The highest BCUT2D eigenvalue weighted by Gasteiger charge is 2.20. The topological polar surface area (TPSA) is 80.9 Å². The molecule has 1 aromatic carbocycles. The van der Waals surface area contributed by atoms with Crippen LogP contribution in [0.15, 0.2) is 27.6 Å². The number of para-hydroxylation sites is 1. The van der Waals surface area contributed by atoms with Crippen LogP contribution in [0.2, 0.25) is 0 Å². The molecule has 0 amide bonds. The van der Waals surface area contributed by atoms with Crippen LogP contribution >= 0.6 is 0 Å². The van der Waals surface area contributed by atoms with E-state index in [1.54, 1.807) is 7.11 Å². The minimum Gasteiger partial charge on any atom is -0.493 e. The van der Waals surface area contributed by atoms with Crippen molar-refractivity contribution in [2.45, 2.75) is 65.6 Å². The number of oxazole rings is 1. The van der Waals surface area contributed by atoms with Crippen LogP contribution < -0.4 is 20.1 Å². The van der Waals surface area contributed by atoms with Gasteiger partial charge in [-0.2, -0.15) is 0 Å². The number of nitrogens with zero attached hydrogens (tertiary/aromatic N) is 2. The fourth-order valence-electron chi connectivity index (χ4n) is 3.43. The van der Waals surface area contributed by atoms with Gasteiger partial charge in [-0.25, -0.2) is 9.98 Å². The Hall–Kier alpha value is -2.70. The van der Waals surface area contributed by atoms with Crippen molar-refractivity contribution < 1.29 is 13.9 Å². The summed E-state index contributed by atoms with van der Waals surface area (Å²) in [6.07, 6.45) is 4.90. The third kappa shape index (κ3) is 5.65. The number of ether oxygens (including phenoxy) is 2. The summed E-state index contributed by atoms with van der Waals surface area (Å²) in [4.78, 5) is 9.13. The van der Waals surface area contributed by atoms with Gasteiger partial charge in [-0.1, -0.05) is 12.1 Å². The number of aliphatic imine (C=N–C) groups is 1. The van der Waals surface area contributed by atoms with Crippen LogP contribution in [0.5, 0.6) is 11.5 Å². The summed E-state index contributed by atoms with van der Waals surface area (Å²) in [6.45, 7) is 7.62. The first-order valence-corrected chi connectivity index (χ1v) is 10.4. The van der Waals surface area contributed by atoms with Crippen LogP contribution in [0.3, 0.4) is 0 Å². The van der Waals surface area contributed by atoms with Gasteiger partial charge in [0.2, 0.25) is 5.89 Å². The molecule has 1 saturated carbocycles. The Morgan fingerprint density at radius 3 is 2.69 bits per heavy atom. The predicted octanol–water partition coefficient (Wildman–Crippen LogP) is 3.88. The SMILES string of the molecule is CCNC(=NCc1cccc(OC)c1OC1CCCC1)NCc1nc(C)c(C)o1. The van der Waals surface area contributed by atoms with Crippen molar-refractivity contribution in [2.75, 3.05) is 13.7 Å². The number of aryl methyl sites for hydroxylation is 2. The number of rotatable bonds is 8. The lowest BCUT2D eigenvalue weighted by atomic mass is 10.1. The number of guanidine groups is 1. The summed E-state index contributed by atoms with van der Waals surface area (Å²) < 4.78 is 17.5. The zero-order valence-corrected chi connectivity index (χ0v) is 17.9. The molecule has 7 nitrogen and oxygen atoms in total. The van der Waals surface area contributed by atoms with Gasteiger partial charge in [0.25, 0.3) is 0 Å². The molecular weight excluding hydrogens is 368 g/mol. The molecule has 0 unspecified atom stereocenters. The maximum Gasteiger partial charge on any atom is 0.214 e. The summed E-state index contributed by atoms with van der Waals surface area (Å²) in [7, 11) is 1.68. The largest absolute Gasteiger partial charge is 0.493 e. The molecule has 7 heteroatoms. The van der Waals surface area contributed by atoms with E-state index < -0.39 is 0 Å². The molecule has 0 atom stereocenters. The Labute approximate surface area is 172 Å². The lowest BCUT2D eigenvalue weighted by Crippen LogP contribution is -2.36.